The van der Waals surface area contributed by atoms with Gasteiger partial charge in [0.2, 0.25) is 17.6 Å². The lowest BCUT2D eigenvalue weighted by Gasteiger charge is -2.37. The van der Waals surface area contributed by atoms with E-state index in [1.807, 2.05) is 47.4 Å². The summed E-state index contributed by atoms with van der Waals surface area (Å²) in [5.41, 5.74) is 1.90. The predicted molar refractivity (Wildman–Crippen MR) is 87.0 cm³/mol. The molecule has 1 amide bonds. The zero-order chi connectivity index (χ0) is 16.4. The average Bonchev–Trinajstić information content (AvgIpc) is 3.05. The summed E-state index contributed by atoms with van der Waals surface area (Å²) in [6, 6.07) is 13.4. The van der Waals surface area contributed by atoms with Crippen molar-refractivity contribution in [2.75, 3.05) is 13.1 Å². The van der Waals surface area contributed by atoms with Gasteiger partial charge in [0.15, 0.2) is 0 Å². The summed E-state index contributed by atoms with van der Waals surface area (Å²) in [5, 5.41) is 4.01. The van der Waals surface area contributed by atoms with Gasteiger partial charge in [0.1, 0.15) is 0 Å². The molecular weight excluding hydrogens is 304 g/mol. The highest BCUT2D eigenvalue weighted by Crippen LogP contribution is 2.28. The second-order valence-electron chi connectivity index (χ2n) is 5.85. The zero-order valence-electron chi connectivity index (χ0n) is 13.0. The highest BCUT2D eigenvalue weighted by Gasteiger charge is 2.35. The average molecular weight is 320 g/mol. The van der Waals surface area contributed by atoms with Gasteiger partial charge in [-0.2, -0.15) is 4.98 Å². The van der Waals surface area contributed by atoms with Crippen molar-refractivity contribution in [2.45, 2.75) is 12.3 Å². The first-order valence-corrected chi connectivity index (χ1v) is 7.85. The van der Waals surface area contributed by atoms with Crippen LogP contribution in [-0.2, 0) is 11.2 Å². The number of likely N-dealkylation sites (tertiary alicyclic amines) is 1. The van der Waals surface area contributed by atoms with Gasteiger partial charge in [-0.25, -0.2) is 0 Å². The summed E-state index contributed by atoms with van der Waals surface area (Å²) in [6.45, 7) is 1.26. The molecule has 120 valence electrons. The van der Waals surface area contributed by atoms with E-state index in [0.717, 1.165) is 11.1 Å². The van der Waals surface area contributed by atoms with Gasteiger partial charge in [0, 0.05) is 31.0 Å². The lowest BCUT2D eigenvalue weighted by atomic mass is 9.99. The van der Waals surface area contributed by atoms with Crippen LogP contribution in [0.1, 0.15) is 17.4 Å². The Morgan fingerprint density at radius 2 is 1.88 bits per heavy atom. The van der Waals surface area contributed by atoms with E-state index in [1.54, 1.807) is 12.4 Å². The summed E-state index contributed by atoms with van der Waals surface area (Å²) in [6.07, 6.45) is 3.82. The van der Waals surface area contributed by atoms with E-state index in [1.165, 1.54) is 0 Å². The molecule has 0 bridgehead atoms. The molecule has 3 aromatic rings. The van der Waals surface area contributed by atoms with Gasteiger partial charge < -0.3 is 9.42 Å². The van der Waals surface area contributed by atoms with Crippen molar-refractivity contribution >= 4 is 5.91 Å². The number of nitrogens with zero attached hydrogens (tertiary/aromatic N) is 4. The van der Waals surface area contributed by atoms with Gasteiger partial charge in [-0.3, -0.25) is 9.78 Å². The molecule has 0 unspecified atom stereocenters. The van der Waals surface area contributed by atoms with Crippen LogP contribution >= 0.6 is 0 Å². The summed E-state index contributed by atoms with van der Waals surface area (Å²) in [7, 11) is 0. The van der Waals surface area contributed by atoms with Gasteiger partial charge >= 0.3 is 0 Å². The van der Waals surface area contributed by atoms with Gasteiger partial charge in [-0.15, -0.1) is 0 Å². The van der Waals surface area contributed by atoms with Crippen LogP contribution in [0.2, 0.25) is 0 Å². The maximum absolute atomic E-state index is 12.3. The molecule has 0 radical (unpaired) electrons. The number of aromatic nitrogens is 3. The minimum absolute atomic E-state index is 0.118. The summed E-state index contributed by atoms with van der Waals surface area (Å²) in [5.74, 6) is 1.39. The maximum Gasteiger partial charge on any atom is 0.233 e. The van der Waals surface area contributed by atoms with Crippen molar-refractivity contribution in [1.82, 2.24) is 20.0 Å². The number of hydrogen-bond acceptors (Lipinski definition) is 5. The van der Waals surface area contributed by atoms with Gasteiger partial charge in [0.25, 0.3) is 0 Å². The minimum atomic E-state index is 0.118. The first kappa shape index (κ1) is 14.6. The Labute approximate surface area is 139 Å². The Morgan fingerprint density at radius 3 is 2.62 bits per heavy atom. The molecule has 0 atom stereocenters. The smallest absolute Gasteiger partial charge is 0.233 e. The van der Waals surface area contributed by atoms with Crippen LogP contribution in [0.15, 0.2) is 59.4 Å². The third-order valence-corrected chi connectivity index (χ3v) is 4.16. The maximum atomic E-state index is 12.3. The largest absolute Gasteiger partial charge is 0.341 e. The SMILES string of the molecule is O=C(Cc1ccccc1)N1CC(c2nc(-c3ccncc3)no2)C1. The molecule has 6 nitrogen and oxygen atoms in total. The fourth-order valence-electron chi connectivity index (χ4n) is 2.74. The fraction of sp³-hybridized carbons (Fsp3) is 0.222. The zero-order valence-corrected chi connectivity index (χ0v) is 13.0. The van der Waals surface area contributed by atoms with Crippen LogP contribution < -0.4 is 0 Å². The molecule has 4 rings (SSSR count). The van der Waals surface area contributed by atoms with Crippen LogP contribution in [0.25, 0.3) is 11.4 Å². The number of benzene rings is 1. The Bertz CT molecular complexity index is 826. The highest BCUT2D eigenvalue weighted by molar-refractivity contribution is 5.79. The van der Waals surface area contributed by atoms with E-state index in [9.17, 15) is 4.79 Å². The van der Waals surface area contributed by atoms with Gasteiger partial charge in [-0.05, 0) is 17.7 Å². The first-order valence-electron chi connectivity index (χ1n) is 7.85. The predicted octanol–water partition coefficient (Wildman–Crippen LogP) is 2.30. The second kappa shape index (κ2) is 6.23. The topological polar surface area (TPSA) is 72.1 Å². The van der Waals surface area contributed by atoms with E-state index >= 15 is 0 Å². The number of rotatable bonds is 4. The van der Waals surface area contributed by atoms with Crippen LogP contribution in [0.4, 0.5) is 0 Å². The fourth-order valence-corrected chi connectivity index (χ4v) is 2.74. The number of pyridine rings is 1. The molecule has 0 N–H and O–H groups in total. The van der Waals surface area contributed by atoms with Crippen molar-refractivity contribution in [3.05, 3.63) is 66.3 Å². The molecular formula is C18H16N4O2. The molecule has 1 fully saturated rings. The van der Waals surface area contributed by atoms with E-state index in [2.05, 4.69) is 15.1 Å². The van der Waals surface area contributed by atoms with E-state index in [4.69, 9.17) is 4.52 Å². The monoisotopic (exact) mass is 320 g/mol. The molecule has 24 heavy (non-hydrogen) atoms. The van der Waals surface area contributed by atoms with Crippen LogP contribution in [0, 0.1) is 0 Å². The molecule has 0 aliphatic carbocycles. The summed E-state index contributed by atoms with van der Waals surface area (Å²) in [4.78, 5) is 22.5. The van der Waals surface area contributed by atoms with Crippen LogP contribution in [0.5, 0.6) is 0 Å². The number of carbonyl (C=O) groups is 1. The Balaban J connectivity index is 1.36. The summed E-state index contributed by atoms with van der Waals surface area (Å²) >= 11 is 0. The van der Waals surface area contributed by atoms with Crippen LogP contribution in [0.3, 0.4) is 0 Å². The van der Waals surface area contributed by atoms with Crippen molar-refractivity contribution in [3.8, 4) is 11.4 Å². The standard InChI is InChI=1S/C18H16N4O2/c23-16(10-13-4-2-1-3-5-13)22-11-15(12-22)18-20-17(21-24-18)14-6-8-19-9-7-14/h1-9,15H,10-12H2. The Hall–Kier alpha value is -3.02. The Morgan fingerprint density at radius 1 is 1.12 bits per heavy atom. The first-order chi connectivity index (χ1) is 11.8. The molecule has 1 aromatic carbocycles. The number of hydrogen-bond donors (Lipinski definition) is 0. The Kier molecular flexibility index (Phi) is 3.78. The molecule has 0 spiro atoms. The van der Waals surface area contributed by atoms with E-state index in [-0.39, 0.29) is 11.8 Å². The van der Waals surface area contributed by atoms with Gasteiger partial charge in [-0.1, -0.05) is 35.5 Å². The van der Waals surface area contributed by atoms with Crippen molar-refractivity contribution in [2.24, 2.45) is 0 Å². The second-order valence-corrected chi connectivity index (χ2v) is 5.85. The number of carbonyl (C=O) groups excluding carboxylic acids is 1. The lowest BCUT2D eigenvalue weighted by molar-refractivity contribution is -0.135. The normalized spacial score (nSPS) is 14.4. The van der Waals surface area contributed by atoms with E-state index in [0.29, 0.717) is 31.2 Å². The molecule has 6 heteroatoms. The lowest BCUT2D eigenvalue weighted by Crippen LogP contribution is -2.49. The van der Waals surface area contributed by atoms with Gasteiger partial charge in [0.05, 0.1) is 12.3 Å². The molecule has 1 aliphatic rings. The minimum Gasteiger partial charge on any atom is -0.341 e. The number of amides is 1. The molecule has 1 aliphatic heterocycles. The summed E-state index contributed by atoms with van der Waals surface area (Å²) < 4.78 is 5.35. The molecule has 3 heterocycles. The van der Waals surface area contributed by atoms with E-state index < -0.39 is 0 Å². The quantitative estimate of drug-likeness (QED) is 0.737. The van der Waals surface area contributed by atoms with Crippen molar-refractivity contribution in [1.29, 1.82) is 0 Å². The van der Waals surface area contributed by atoms with Crippen LogP contribution in [-0.4, -0.2) is 39.0 Å². The third kappa shape index (κ3) is 2.90. The van der Waals surface area contributed by atoms with Crippen molar-refractivity contribution in [3.63, 3.8) is 0 Å². The molecule has 1 saturated heterocycles. The third-order valence-electron chi connectivity index (χ3n) is 4.16. The highest BCUT2D eigenvalue weighted by atomic mass is 16.5. The molecule has 2 aromatic heterocycles. The van der Waals surface area contributed by atoms with Crippen molar-refractivity contribution < 1.29 is 9.32 Å². The molecule has 0 saturated carbocycles.